The number of benzene rings is 1. The Morgan fingerprint density at radius 2 is 2.21 bits per heavy atom. The van der Waals surface area contributed by atoms with E-state index in [-0.39, 0.29) is 6.61 Å². The largest absolute Gasteiger partial charge is 0.490 e. The highest BCUT2D eigenvalue weighted by molar-refractivity contribution is 5.69. The number of nitrogens with one attached hydrogen (secondary N) is 1. The van der Waals surface area contributed by atoms with Crippen LogP contribution in [0.1, 0.15) is 18.9 Å². The Bertz CT molecular complexity index is 500. The first kappa shape index (κ1) is 13.5. The highest BCUT2D eigenvalue weighted by Gasteiger charge is 2.10. The van der Waals surface area contributed by atoms with Crippen LogP contribution in [0, 0.1) is 12.3 Å². The van der Waals surface area contributed by atoms with Gasteiger partial charge in [-0.1, -0.05) is 18.1 Å². The third-order valence-electron chi connectivity index (χ3n) is 2.99. The lowest BCUT2D eigenvalue weighted by Crippen LogP contribution is -2.20. The summed E-state index contributed by atoms with van der Waals surface area (Å²) in [5, 5.41) is 3.31. The van der Waals surface area contributed by atoms with Crippen molar-refractivity contribution in [2.75, 3.05) is 26.3 Å². The molecule has 0 aromatic heterocycles. The van der Waals surface area contributed by atoms with Crippen molar-refractivity contribution in [2.24, 2.45) is 0 Å². The van der Waals surface area contributed by atoms with Crippen molar-refractivity contribution in [1.82, 2.24) is 5.32 Å². The minimum absolute atomic E-state index is 0.256. The summed E-state index contributed by atoms with van der Waals surface area (Å²) in [7, 11) is 0. The molecule has 0 bridgehead atoms. The molecule has 0 fully saturated rings. The van der Waals surface area contributed by atoms with Gasteiger partial charge in [0, 0.05) is 6.54 Å². The molecule has 0 amide bonds. The smallest absolute Gasteiger partial charge is 0.162 e. The third-order valence-corrected chi connectivity index (χ3v) is 2.99. The van der Waals surface area contributed by atoms with E-state index in [1.165, 1.54) is 11.1 Å². The minimum Gasteiger partial charge on any atom is -0.490 e. The second kappa shape index (κ2) is 6.86. The lowest BCUT2D eigenvalue weighted by atomic mass is 10.00. The predicted molar refractivity (Wildman–Crippen MR) is 77.4 cm³/mol. The van der Waals surface area contributed by atoms with Gasteiger partial charge in [-0.25, -0.2) is 0 Å². The van der Waals surface area contributed by atoms with E-state index in [0.717, 1.165) is 25.3 Å². The fourth-order valence-electron chi connectivity index (χ4n) is 2.10. The van der Waals surface area contributed by atoms with Crippen LogP contribution in [0.3, 0.4) is 0 Å². The summed E-state index contributed by atoms with van der Waals surface area (Å²) in [6.07, 6.45) is 8.47. The van der Waals surface area contributed by atoms with E-state index in [1.54, 1.807) is 0 Å². The normalized spacial score (nSPS) is 14.4. The average Bonchev–Trinajstić information content (AvgIpc) is 2.47. The van der Waals surface area contributed by atoms with Gasteiger partial charge in [0.2, 0.25) is 0 Å². The highest BCUT2D eigenvalue weighted by Crippen LogP contribution is 2.32. The Kier molecular flexibility index (Phi) is 4.88. The zero-order chi connectivity index (χ0) is 13.5. The molecule has 0 radical (unpaired) electrons. The van der Waals surface area contributed by atoms with Crippen LogP contribution in [0.2, 0.25) is 0 Å². The van der Waals surface area contributed by atoms with Crippen LogP contribution in [0.4, 0.5) is 0 Å². The SMILES string of the molecule is C#CCOc1ccc(C2=CCNCC2)cc1OCC. The molecule has 3 nitrogen and oxygen atoms in total. The maximum atomic E-state index is 5.63. The minimum atomic E-state index is 0.256. The molecule has 3 heteroatoms. The average molecular weight is 257 g/mol. The van der Waals surface area contributed by atoms with Gasteiger partial charge in [0.05, 0.1) is 6.61 Å². The summed E-state index contributed by atoms with van der Waals surface area (Å²) in [5.41, 5.74) is 2.54. The molecule has 0 atom stereocenters. The molecule has 1 aliphatic heterocycles. The topological polar surface area (TPSA) is 30.5 Å². The van der Waals surface area contributed by atoms with Crippen LogP contribution >= 0.6 is 0 Å². The lowest BCUT2D eigenvalue weighted by Gasteiger charge is -2.16. The van der Waals surface area contributed by atoms with E-state index >= 15 is 0 Å². The van der Waals surface area contributed by atoms with Crippen LogP contribution in [-0.2, 0) is 0 Å². The maximum absolute atomic E-state index is 5.63. The molecule has 0 aliphatic carbocycles. The summed E-state index contributed by atoms with van der Waals surface area (Å²) in [4.78, 5) is 0. The lowest BCUT2D eigenvalue weighted by molar-refractivity contribution is 0.299. The molecular formula is C16H19NO2. The Hall–Kier alpha value is -1.92. The Morgan fingerprint density at radius 1 is 1.32 bits per heavy atom. The van der Waals surface area contributed by atoms with E-state index < -0.39 is 0 Å². The van der Waals surface area contributed by atoms with E-state index in [1.807, 2.05) is 19.1 Å². The second-order valence-electron chi connectivity index (χ2n) is 4.27. The van der Waals surface area contributed by atoms with Crippen LogP contribution < -0.4 is 14.8 Å². The standard InChI is InChI=1S/C16H19NO2/c1-3-11-19-15-6-5-14(12-16(15)18-4-2)13-7-9-17-10-8-13/h1,5-7,12,17H,4,8-11H2,2H3. The fourth-order valence-corrected chi connectivity index (χ4v) is 2.10. The molecule has 0 saturated heterocycles. The first-order chi connectivity index (χ1) is 9.35. The van der Waals surface area contributed by atoms with Gasteiger partial charge in [0.15, 0.2) is 11.5 Å². The van der Waals surface area contributed by atoms with Crippen molar-refractivity contribution in [2.45, 2.75) is 13.3 Å². The van der Waals surface area contributed by atoms with Gasteiger partial charge in [-0.3, -0.25) is 0 Å². The van der Waals surface area contributed by atoms with Crippen LogP contribution in [0.15, 0.2) is 24.3 Å². The molecule has 0 saturated carbocycles. The van der Waals surface area contributed by atoms with Gasteiger partial charge in [-0.2, -0.15) is 0 Å². The number of rotatable bonds is 5. The molecule has 1 aromatic rings. The van der Waals surface area contributed by atoms with Crippen molar-refractivity contribution < 1.29 is 9.47 Å². The van der Waals surface area contributed by atoms with Crippen molar-refractivity contribution in [3.63, 3.8) is 0 Å². The summed E-state index contributed by atoms with van der Waals surface area (Å²) in [6.45, 7) is 4.77. The molecular weight excluding hydrogens is 238 g/mol. The van der Waals surface area contributed by atoms with Crippen LogP contribution in [0.5, 0.6) is 11.5 Å². The molecule has 19 heavy (non-hydrogen) atoms. The fraction of sp³-hybridized carbons (Fsp3) is 0.375. The predicted octanol–water partition coefficient (Wildman–Crippen LogP) is 2.47. The Balaban J connectivity index is 2.24. The van der Waals surface area contributed by atoms with Gasteiger partial charge >= 0.3 is 0 Å². The van der Waals surface area contributed by atoms with Crippen molar-refractivity contribution in [1.29, 1.82) is 0 Å². The number of ether oxygens (including phenoxy) is 2. The molecule has 1 aromatic carbocycles. The van der Waals surface area contributed by atoms with E-state index in [4.69, 9.17) is 15.9 Å². The van der Waals surface area contributed by atoms with Gasteiger partial charge in [-0.05, 0) is 43.2 Å². The molecule has 100 valence electrons. The first-order valence-corrected chi connectivity index (χ1v) is 6.58. The third kappa shape index (κ3) is 3.52. The van der Waals surface area contributed by atoms with Gasteiger partial charge in [0.1, 0.15) is 6.61 Å². The van der Waals surface area contributed by atoms with E-state index in [2.05, 4.69) is 23.4 Å². The van der Waals surface area contributed by atoms with Crippen LogP contribution in [-0.4, -0.2) is 26.3 Å². The zero-order valence-electron chi connectivity index (χ0n) is 11.2. The van der Waals surface area contributed by atoms with Crippen LogP contribution in [0.25, 0.3) is 5.57 Å². The molecule has 2 rings (SSSR count). The van der Waals surface area contributed by atoms with Crippen molar-refractivity contribution >= 4 is 5.57 Å². The Labute approximate surface area is 114 Å². The monoisotopic (exact) mass is 257 g/mol. The summed E-state index contributed by atoms with van der Waals surface area (Å²) in [6, 6.07) is 6.03. The van der Waals surface area contributed by atoms with Gasteiger partial charge in [-0.15, -0.1) is 6.42 Å². The van der Waals surface area contributed by atoms with Gasteiger partial charge < -0.3 is 14.8 Å². The molecule has 0 spiro atoms. The molecule has 0 unspecified atom stereocenters. The van der Waals surface area contributed by atoms with E-state index in [0.29, 0.717) is 12.4 Å². The summed E-state index contributed by atoms with van der Waals surface area (Å²) < 4.78 is 11.1. The van der Waals surface area contributed by atoms with Gasteiger partial charge in [0.25, 0.3) is 0 Å². The number of terminal acetylenes is 1. The quantitative estimate of drug-likeness (QED) is 0.822. The van der Waals surface area contributed by atoms with E-state index in [9.17, 15) is 0 Å². The molecule has 1 N–H and O–H groups in total. The van der Waals surface area contributed by atoms with Crippen molar-refractivity contribution in [3.8, 4) is 23.8 Å². The zero-order valence-corrected chi connectivity index (χ0v) is 11.2. The first-order valence-electron chi connectivity index (χ1n) is 6.58. The highest BCUT2D eigenvalue weighted by atomic mass is 16.5. The molecule has 1 heterocycles. The summed E-state index contributed by atoms with van der Waals surface area (Å²) in [5.74, 6) is 3.93. The molecule has 1 aliphatic rings. The number of hydrogen-bond donors (Lipinski definition) is 1. The maximum Gasteiger partial charge on any atom is 0.162 e. The van der Waals surface area contributed by atoms with Crippen molar-refractivity contribution in [3.05, 3.63) is 29.8 Å². The summed E-state index contributed by atoms with van der Waals surface area (Å²) >= 11 is 0. The Morgan fingerprint density at radius 3 is 2.89 bits per heavy atom. The number of hydrogen-bond acceptors (Lipinski definition) is 3. The second-order valence-corrected chi connectivity index (χ2v) is 4.27.